The Morgan fingerprint density at radius 3 is 2.61 bits per heavy atom. The fourth-order valence-corrected chi connectivity index (χ4v) is 5.70. The van der Waals surface area contributed by atoms with E-state index in [0.717, 1.165) is 49.4 Å². The van der Waals surface area contributed by atoms with Crippen molar-refractivity contribution in [1.82, 2.24) is 9.80 Å². The third-order valence-electron chi connectivity index (χ3n) is 5.98. The molecule has 3 aliphatic rings. The van der Waals surface area contributed by atoms with E-state index in [9.17, 15) is 4.79 Å². The van der Waals surface area contributed by atoms with E-state index >= 15 is 0 Å². The molecule has 126 valence electrons. The topological polar surface area (TPSA) is 23.6 Å². The Morgan fingerprint density at radius 2 is 1.87 bits per heavy atom. The fourth-order valence-electron chi connectivity index (χ4n) is 4.53. The number of piperazine rings is 1. The van der Waals surface area contributed by atoms with Gasteiger partial charge in [-0.15, -0.1) is 11.3 Å². The maximum absolute atomic E-state index is 12.8. The van der Waals surface area contributed by atoms with Gasteiger partial charge in [0.25, 0.3) is 5.91 Å². The molecular formula is C19H28N2OS. The van der Waals surface area contributed by atoms with Crippen molar-refractivity contribution >= 4 is 17.2 Å². The molecule has 3 nitrogen and oxygen atoms in total. The average Bonchev–Trinajstić information content (AvgIpc) is 3.23. The highest BCUT2D eigenvalue weighted by atomic mass is 32.1. The average molecular weight is 333 g/mol. The Bertz CT molecular complexity index is 568. The van der Waals surface area contributed by atoms with E-state index in [4.69, 9.17) is 0 Å². The lowest BCUT2D eigenvalue weighted by molar-refractivity contribution is 0.0578. The second-order valence-corrected chi connectivity index (χ2v) is 8.81. The zero-order valence-electron chi connectivity index (χ0n) is 14.2. The summed E-state index contributed by atoms with van der Waals surface area (Å²) in [6, 6.07) is 2.99. The van der Waals surface area contributed by atoms with Crippen molar-refractivity contribution in [3.05, 3.63) is 21.4 Å². The molecule has 1 unspecified atom stereocenters. The zero-order valence-corrected chi connectivity index (χ0v) is 15.0. The van der Waals surface area contributed by atoms with Crippen LogP contribution in [-0.4, -0.2) is 47.9 Å². The first-order valence-electron chi connectivity index (χ1n) is 9.35. The standard InChI is InChI=1S/C19H28N2OS/c1-14-6-7-17-15(12-14)13-18(23-17)19(22)21-10-8-20(9-11-21)16-4-2-3-5-16/h13-14,16H,2-12H2,1H3. The number of nitrogens with zero attached hydrogens (tertiary/aromatic N) is 2. The quantitative estimate of drug-likeness (QED) is 0.826. The SMILES string of the molecule is CC1CCc2sc(C(=O)N3CCN(C4CCCC4)CC3)cc2C1. The van der Waals surface area contributed by atoms with Crippen molar-refractivity contribution in [2.45, 2.75) is 57.9 Å². The first kappa shape index (κ1) is 15.6. The van der Waals surface area contributed by atoms with Gasteiger partial charge in [0.15, 0.2) is 0 Å². The van der Waals surface area contributed by atoms with E-state index in [1.165, 1.54) is 49.0 Å². The van der Waals surface area contributed by atoms with Gasteiger partial charge in [0.2, 0.25) is 0 Å². The van der Waals surface area contributed by atoms with Gasteiger partial charge >= 0.3 is 0 Å². The van der Waals surface area contributed by atoms with Gasteiger partial charge in [-0.1, -0.05) is 19.8 Å². The Morgan fingerprint density at radius 1 is 1.13 bits per heavy atom. The van der Waals surface area contributed by atoms with Gasteiger partial charge in [-0.25, -0.2) is 0 Å². The predicted molar refractivity (Wildman–Crippen MR) is 95.2 cm³/mol. The number of amides is 1. The molecule has 1 aromatic heterocycles. The van der Waals surface area contributed by atoms with Crippen LogP contribution < -0.4 is 0 Å². The summed E-state index contributed by atoms with van der Waals surface area (Å²) in [5, 5.41) is 0. The molecule has 0 N–H and O–H groups in total. The van der Waals surface area contributed by atoms with E-state index in [-0.39, 0.29) is 5.91 Å². The minimum atomic E-state index is 0.281. The second kappa shape index (κ2) is 6.56. The Balaban J connectivity index is 1.38. The number of carbonyl (C=O) groups excluding carboxylic acids is 1. The van der Waals surface area contributed by atoms with Crippen LogP contribution in [0.5, 0.6) is 0 Å². The summed E-state index contributed by atoms with van der Waals surface area (Å²) in [7, 11) is 0. The highest BCUT2D eigenvalue weighted by Gasteiger charge is 2.29. The molecule has 1 saturated carbocycles. The van der Waals surface area contributed by atoms with Crippen LogP contribution in [0.1, 0.15) is 59.1 Å². The Kier molecular flexibility index (Phi) is 4.46. The van der Waals surface area contributed by atoms with Gasteiger partial charge in [-0.05, 0) is 49.7 Å². The molecule has 2 aliphatic carbocycles. The number of rotatable bonds is 2. The van der Waals surface area contributed by atoms with Gasteiger partial charge in [0.1, 0.15) is 0 Å². The molecule has 4 rings (SSSR count). The number of aryl methyl sites for hydroxylation is 1. The summed E-state index contributed by atoms with van der Waals surface area (Å²) in [6.07, 6.45) is 9.12. The number of thiophene rings is 1. The van der Waals surface area contributed by atoms with Crippen molar-refractivity contribution in [2.75, 3.05) is 26.2 Å². The Labute approximate surface area is 143 Å². The van der Waals surface area contributed by atoms with Gasteiger partial charge < -0.3 is 4.90 Å². The van der Waals surface area contributed by atoms with Gasteiger partial charge in [0.05, 0.1) is 4.88 Å². The minimum absolute atomic E-state index is 0.281. The maximum atomic E-state index is 12.8. The molecule has 2 fully saturated rings. The molecule has 4 heteroatoms. The summed E-state index contributed by atoms with van der Waals surface area (Å²) in [5.41, 5.74) is 1.45. The summed E-state index contributed by atoms with van der Waals surface area (Å²) in [4.78, 5) is 20.0. The van der Waals surface area contributed by atoms with Crippen LogP contribution >= 0.6 is 11.3 Å². The van der Waals surface area contributed by atoms with E-state index in [1.807, 2.05) is 0 Å². The fraction of sp³-hybridized carbons (Fsp3) is 0.737. The lowest BCUT2D eigenvalue weighted by Crippen LogP contribution is -2.51. The predicted octanol–water partition coefficient (Wildman–Crippen LogP) is 3.57. The molecule has 1 atom stereocenters. The smallest absolute Gasteiger partial charge is 0.264 e. The molecule has 0 spiro atoms. The Hall–Kier alpha value is -0.870. The highest BCUT2D eigenvalue weighted by Crippen LogP contribution is 2.33. The lowest BCUT2D eigenvalue weighted by Gasteiger charge is -2.37. The molecular weight excluding hydrogens is 304 g/mol. The summed E-state index contributed by atoms with van der Waals surface area (Å²) in [5.74, 6) is 1.05. The minimum Gasteiger partial charge on any atom is -0.335 e. The lowest BCUT2D eigenvalue weighted by atomic mass is 9.90. The van der Waals surface area contributed by atoms with Gasteiger partial charge in [-0.2, -0.15) is 0 Å². The van der Waals surface area contributed by atoms with Crippen molar-refractivity contribution in [3.63, 3.8) is 0 Å². The van der Waals surface area contributed by atoms with Crippen LogP contribution in [0.15, 0.2) is 6.07 Å². The van der Waals surface area contributed by atoms with E-state index < -0.39 is 0 Å². The van der Waals surface area contributed by atoms with Crippen molar-refractivity contribution in [2.24, 2.45) is 5.92 Å². The van der Waals surface area contributed by atoms with Gasteiger partial charge in [-0.3, -0.25) is 9.69 Å². The van der Waals surface area contributed by atoms with Crippen LogP contribution in [-0.2, 0) is 12.8 Å². The monoisotopic (exact) mass is 332 g/mol. The molecule has 0 bridgehead atoms. The summed E-state index contributed by atoms with van der Waals surface area (Å²) in [6.45, 7) is 6.28. The summed E-state index contributed by atoms with van der Waals surface area (Å²) >= 11 is 1.76. The summed E-state index contributed by atoms with van der Waals surface area (Å²) < 4.78 is 0. The molecule has 23 heavy (non-hydrogen) atoms. The van der Waals surface area contributed by atoms with E-state index in [0.29, 0.717) is 0 Å². The van der Waals surface area contributed by atoms with Crippen LogP contribution in [0.25, 0.3) is 0 Å². The number of carbonyl (C=O) groups is 1. The number of hydrogen-bond donors (Lipinski definition) is 0. The maximum Gasteiger partial charge on any atom is 0.264 e. The van der Waals surface area contributed by atoms with Crippen LogP contribution in [0.4, 0.5) is 0 Å². The third kappa shape index (κ3) is 3.20. The molecule has 1 saturated heterocycles. The third-order valence-corrected chi connectivity index (χ3v) is 7.21. The van der Waals surface area contributed by atoms with Gasteiger partial charge in [0, 0.05) is 37.1 Å². The van der Waals surface area contributed by atoms with Crippen LogP contribution in [0.2, 0.25) is 0 Å². The highest BCUT2D eigenvalue weighted by molar-refractivity contribution is 7.14. The van der Waals surface area contributed by atoms with E-state index in [2.05, 4.69) is 22.8 Å². The first-order valence-corrected chi connectivity index (χ1v) is 10.2. The molecule has 1 aromatic rings. The molecule has 0 aromatic carbocycles. The van der Waals surface area contributed by atoms with Crippen molar-refractivity contribution in [3.8, 4) is 0 Å². The van der Waals surface area contributed by atoms with Crippen LogP contribution in [0.3, 0.4) is 0 Å². The normalized spacial score (nSPS) is 26.5. The number of fused-ring (bicyclic) bond motifs is 1. The number of hydrogen-bond acceptors (Lipinski definition) is 3. The molecule has 1 amide bonds. The first-order chi connectivity index (χ1) is 11.2. The largest absolute Gasteiger partial charge is 0.335 e. The molecule has 2 heterocycles. The molecule has 0 radical (unpaired) electrons. The second-order valence-electron chi connectivity index (χ2n) is 7.67. The van der Waals surface area contributed by atoms with Crippen molar-refractivity contribution in [1.29, 1.82) is 0 Å². The van der Waals surface area contributed by atoms with E-state index in [1.54, 1.807) is 11.3 Å². The van der Waals surface area contributed by atoms with Crippen LogP contribution in [0, 0.1) is 5.92 Å². The van der Waals surface area contributed by atoms with Crippen molar-refractivity contribution < 1.29 is 4.79 Å². The molecule has 1 aliphatic heterocycles. The zero-order chi connectivity index (χ0) is 15.8.